The zero-order valence-electron chi connectivity index (χ0n) is 17.9. The fourth-order valence-electron chi connectivity index (χ4n) is 4.73. The molecule has 8 heteroatoms. The molecule has 0 saturated carbocycles. The van der Waals surface area contributed by atoms with E-state index in [2.05, 4.69) is 63.2 Å². The molecule has 4 atom stereocenters. The fraction of sp³-hybridized carbons (Fsp3) is 0.545. The highest BCUT2D eigenvalue weighted by Gasteiger charge is 2.40. The van der Waals surface area contributed by atoms with E-state index in [0.717, 1.165) is 49.6 Å². The van der Waals surface area contributed by atoms with Gasteiger partial charge in [-0.05, 0) is 39.0 Å². The van der Waals surface area contributed by atoms with E-state index in [1.165, 1.54) is 0 Å². The normalized spacial score (nSPS) is 28.6. The molecule has 3 aliphatic rings. The third-order valence-electron chi connectivity index (χ3n) is 6.16. The molecule has 0 radical (unpaired) electrons. The molecule has 162 valence electrons. The van der Waals surface area contributed by atoms with Gasteiger partial charge in [0.2, 0.25) is 0 Å². The molecular weight excluding hydrogens is 378 g/mol. The van der Waals surface area contributed by atoms with Gasteiger partial charge in [-0.2, -0.15) is 0 Å². The molecule has 0 aromatic carbocycles. The van der Waals surface area contributed by atoms with Gasteiger partial charge in [-0.1, -0.05) is 6.58 Å². The molecule has 2 aliphatic heterocycles. The number of hydrazine groups is 1. The first-order chi connectivity index (χ1) is 14.6. The monoisotopic (exact) mass is 411 g/mol. The van der Waals surface area contributed by atoms with E-state index in [1.807, 2.05) is 12.4 Å². The molecule has 2 saturated heterocycles. The minimum Gasteiger partial charge on any atom is -0.496 e. The number of nitrogens with one attached hydrogen (secondary N) is 2. The number of hydrogen-bond donors (Lipinski definition) is 3. The Hall–Kier alpha value is -2.58. The van der Waals surface area contributed by atoms with Gasteiger partial charge < -0.3 is 20.3 Å². The maximum absolute atomic E-state index is 5.99. The van der Waals surface area contributed by atoms with Crippen molar-refractivity contribution in [3.63, 3.8) is 0 Å². The van der Waals surface area contributed by atoms with Crippen molar-refractivity contribution in [2.75, 3.05) is 18.0 Å². The van der Waals surface area contributed by atoms with Gasteiger partial charge in [-0.3, -0.25) is 5.43 Å². The number of aromatic nitrogens is 2. The summed E-state index contributed by atoms with van der Waals surface area (Å²) >= 11 is 0. The highest BCUT2D eigenvalue weighted by molar-refractivity contribution is 5.42. The van der Waals surface area contributed by atoms with Crippen molar-refractivity contribution >= 4 is 5.82 Å². The van der Waals surface area contributed by atoms with Gasteiger partial charge in [0.05, 0.1) is 29.6 Å². The van der Waals surface area contributed by atoms with E-state index in [-0.39, 0.29) is 12.1 Å². The molecule has 30 heavy (non-hydrogen) atoms. The predicted octanol–water partition coefficient (Wildman–Crippen LogP) is 2.17. The van der Waals surface area contributed by atoms with Crippen LogP contribution in [0.5, 0.6) is 0 Å². The van der Waals surface area contributed by atoms with Gasteiger partial charge in [0.15, 0.2) is 0 Å². The molecule has 4 rings (SSSR count). The van der Waals surface area contributed by atoms with E-state index < -0.39 is 0 Å². The molecule has 8 nitrogen and oxygen atoms in total. The number of ether oxygens (including phenoxy) is 1. The van der Waals surface area contributed by atoms with E-state index in [4.69, 9.17) is 10.5 Å². The van der Waals surface area contributed by atoms with Gasteiger partial charge in [0, 0.05) is 49.9 Å². The molecule has 0 amide bonds. The first-order valence-electron chi connectivity index (χ1n) is 10.8. The number of nitrogens with zero attached hydrogens (tertiary/aromatic N) is 4. The smallest absolute Gasteiger partial charge is 0.132 e. The van der Waals surface area contributed by atoms with Gasteiger partial charge >= 0.3 is 0 Å². The number of hydrogen-bond acceptors (Lipinski definition) is 8. The van der Waals surface area contributed by atoms with Crippen molar-refractivity contribution in [3.05, 3.63) is 55.1 Å². The van der Waals surface area contributed by atoms with Crippen molar-refractivity contribution in [2.45, 2.75) is 57.3 Å². The molecule has 0 bridgehead atoms. The predicted molar refractivity (Wildman–Crippen MR) is 118 cm³/mol. The Labute approximate surface area is 178 Å². The molecule has 4 N–H and O–H groups in total. The SMILES string of the molecule is C=CN(/C=C\N)C1CCN(c2cc([C@@H]3NNC4CC=C(OC(C)C)C[C@@H]43)ncn2)C1. The first kappa shape index (κ1) is 20.7. The first-order valence-corrected chi connectivity index (χ1v) is 10.8. The quantitative estimate of drug-likeness (QED) is 0.629. The third kappa shape index (κ3) is 4.29. The second-order valence-electron chi connectivity index (χ2n) is 8.47. The maximum atomic E-state index is 5.99. The molecule has 0 spiro atoms. The lowest BCUT2D eigenvalue weighted by atomic mass is 9.83. The number of fused-ring (bicyclic) bond motifs is 1. The van der Waals surface area contributed by atoms with Crippen molar-refractivity contribution in [1.29, 1.82) is 0 Å². The average molecular weight is 412 g/mol. The fourth-order valence-corrected chi connectivity index (χ4v) is 4.73. The highest BCUT2D eigenvalue weighted by Crippen LogP contribution is 2.38. The van der Waals surface area contributed by atoms with Crippen LogP contribution in [0.3, 0.4) is 0 Å². The van der Waals surface area contributed by atoms with Crippen molar-refractivity contribution < 1.29 is 4.74 Å². The summed E-state index contributed by atoms with van der Waals surface area (Å²) in [5, 5.41) is 0. The van der Waals surface area contributed by atoms with Gasteiger partial charge in [-0.15, -0.1) is 0 Å². The van der Waals surface area contributed by atoms with E-state index >= 15 is 0 Å². The Morgan fingerprint density at radius 3 is 3.00 bits per heavy atom. The molecular formula is C22H33N7O. The summed E-state index contributed by atoms with van der Waals surface area (Å²) in [6.07, 6.45) is 12.3. The lowest BCUT2D eigenvalue weighted by Crippen LogP contribution is -2.33. The Balaban J connectivity index is 1.46. The van der Waals surface area contributed by atoms with Crippen LogP contribution in [0.15, 0.2) is 49.4 Å². The van der Waals surface area contributed by atoms with Crippen LogP contribution in [0.1, 0.15) is 44.8 Å². The zero-order chi connectivity index (χ0) is 21.1. The van der Waals surface area contributed by atoms with E-state index in [1.54, 1.807) is 12.5 Å². The van der Waals surface area contributed by atoms with Crippen molar-refractivity contribution in [1.82, 2.24) is 25.7 Å². The molecule has 1 aliphatic carbocycles. The van der Waals surface area contributed by atoms with E-state index in [9.17, 15) is 0 Å². The lowest BCUT2D eigenvalue weighted by Gasteiger charge is -2.28. The minimum atomic E-state index is 0.138. The second kappa shape index (κ2) is 9.06. The van der Waals surface area contributed by atoms with Crippen LogP contribution in [0.25, 0.3) is 0 Å². The van der Waals surface area contributed by atoms with Crippen LogP contribution in [-0.4, -0.2) is 46.1 Å². The van der Waals surface area contributed by atoms with Crippen molar-refractivity contribution in [2.24, 2.45) is 11.7 Å². The van der Waals surface area contributed by atoms with Crippen LogP contribution in [-0.2, 0) is 4.74 Å². The third-order valence-corrected chi connectivity index (χ3v) is 6.16. The summed E-state index contributed by atoms with van der Waals surface area (Å²) in [4.78, 5) is 13.6. The topological polar surface area (TPSA) is 91.6 Å². The Bertz CT molecular complexity index is 808. The molecule has 2 fully saturated rings. The van der Waals surface area contributed by atoms with E-state index in [0.29, 0.717) is 18.0 Å². The van der Waals surface area contributed by atoms with Gasteiger partial charge in [0.25, 0.3) is 0 Å². The summed E-state index contributed by atoms with van der Waals surface area (Å²) in [5.74, 6) is 2.47. The zero-order valence-corrected chi connectivity index (χ0v) is 17.9. The molecule has 2 unspecified atom stereocenters. The molecule has 3 heterocycles. The molecule has 1 aromatic heterocycles. The van der Waals surface area contributed by atoms with Crippen molar-refractivity contribution in [3.8, 4) is 0 Å². The molecule has 1 aromatic rings. The van der Waals surface area contributed by atoms with Gasteiger partial charge in [0.1, 0.15) is 12.1 Å². The number of anilines is 1. The van der Waals surface area contributed by atoms with Crippen LogP contribution in [0.2, 0.25) is 0 Å². The number of allylic oxidation sites excluding steroid dienone is 1. The summed E-state index contributed by atoms with van der Waals surface area (Å²) in [6, 6.07) is 3.01. The highest BCUT2D eigenvalue weighted by atomic mass is 16.5. The largest absolute Gasteiger partial charge is 0.496 e. The van der Waals surface area contributed by atoms with Gasteiger partial charge in [-0.25, -0.2) is 15.4 Å². The van der Waals surface area contributed by atoms with Crippen LogP contribution < -0.4 is 21.5 Å². The van der Waals surface area contributed by atoms with Crippen LogP contribution in [0.4, 0.5) is 5.82 Å². The summed E-state index contributed by atoms with van der Waals surface area (Å²) in [5.41, 5.74) is 13.5. The summed E-state index contributed by atoms with van der Waals surface area (Å²) in [7, 11) is 0. The van der Waals surface area contributed by atoms with Crippen LogP contribution >= 0.6 is 0 Å². The Morgan fingerprint density at radius 1 is 1.37 bits per heavy atom. The Morgan fingerprint density at radius 2 is 2.23 bits per heavy atom. The standard InChI is InChI=1S/C22H33N7O/c1-4-28(10-8-23)16-7-9-29(13-16)21-12-20(24-14-25-21)22-18-11-17(30-15(2)3)5-6-19(18)26-27-22/h4-5,8,10,12,14-16,18-19,22,26-27H,1,6-7,9,11,13,23H2,2-3H3/b10-8-/t16?,18-,19?,22+/m0/s1. The average Bonchev–Trinajstić information content (AvgIpc) is 3.39. The number of nitrogens with two attached hydrogens (primary N) is 1. The Kier molecular flexibility index (Phi) is 6.24. The lowest BCUT2D eigenvalue weighted by molar-refractivity contribution is 0.122. The summed E-state index contributed by atoms with van der Waals surface area (Å²) < 4.78 is 5.99. The van der Waals surface area contributed by atoms with Crippen LogP contribution in [0, 0.1) is 5.92 Å². The number of rotatable bonds is 7. The maximum Gasteiger partial charge on any atom is 0.132 e. The summed E-state index contributed by atoms with van der Waals surface area (Å²) in [6.45, 7) is 9.87. The second-order valence-corrected chi connectivity index (χ2v) is 8.47. The minimum absolute atomic E-state index is 0.138.